The number of ether oxygens (including phenoxy) is 1. The van der Waals surface area contributed by atoms with Crippen molar-refractivity contribution in [3.8, 4) is 11.6 Å². The number of imide groups is 1. The predicted molar refractivity (Wildman–Crippen MR) is 185 cm³/mol. The summed E-state index contributed by atoms with van der Waals surface area (Å²) >= 11 is 0. The Morgan fingerprint density at radius 2 is 1.84 bits per heavy atom. The minimum absolute atomic E-state index is 0.124. The van der Waals surface area contributed by atoms with E-state index in [0.29, 0.717) is 41.4 Å². The van der Waals surface area contributed by atoms with Gasteiger partial charge in [-0.15, -0.1) is 0 Å². The molecule has 0 bridgehead atoms. The van der Waals surface area contributed by atoms with Crippen LogP contribution >= 0.6 is 0 Å². The molecule has 2 saturated heterocycles. The number of imidazole rings is 1. The molecule has 2 N–H and O–H groups in total. The first-order valence-corrected chi connectivity index (χ1v) is 17.4. The van der Waals surface area contributed by atoms with Crippen molar-refractivity contribution in [3.05, 3.63) is 72.4 Å². The van der Waals surface area contributed by atoms with Gasteiger partial charge in [-0.2, -0.15) is 14.7 Å². The summed E-state index contributed by atoms with van der Waals surface area (Å²) in [6.07, 6.45) is 12.1. The molecular formula is C36H40N10O4. The fraction of sp³-hybridized carbons (Fsp3) is 0.417. The van der Waals surface area contributed by atoms with E-state index in [0.717, 1.165) is 80.8 Å². The summed E-state index contributed by atoms with van der Waals surface area (Å²) in [4.78, 5) is 51.1. The van der Waals surface area contributed by atoms with Gasteiger partial charge < -0.3 is 15.0 Å². The number of fused-ring (bicyclic) bond motifs is 2. The fourth-order valence-electron chi connectivity index (χ4n) is 7.56. The minimum atomic E-state index is -0.362. The molecule has 1 atom stereocenters. The van der Waals surface area contributed by atoms with E-state index in [1.807, 2.05) is 42.7 Å². The molecule has 1 unspecified atom stereocenters. The molecule has 0 spiro atoms. The summed E-state index contributed by atoms with van der Waals surface area (Å²) in [6.45, 7) is 4.88. The van der Waals surface area contributed by atoms with Gasteiger partial charge in [0.25, 0.3) is 5.91 Å². The predicted octanol–water partition coefficient (Wildman–Crippen LogP) is 3.10. The third-order valence-corrected chi connectivity index (χ3v) is 10.4. The molecular weight excluding hydrogens is 636 g/mol. The Morgan fingerprint density at radius 3 is 2.60 bits per heavy atom. The molecule has 1 saturated carbocycles. The van der Waals surface area contributed by atoms with E-state index in [2.05, 4.69) is 35.5 Å². The number of amides is 3. The lowest BCUT2D eigenvalue weighted by atomic mass is 9.85. The molecule has 1 aliphatic carbocycles. The summed E-state index contributed by atoms with van der Waals surface area (Å²) in [5.41, 5.74) is 3.71. The summed E-state index contributed by atoms with van der Waals surface area (Å²) < 4.78 is 9.07. The molecule has 258 valence electrons. The second kappa shape index (κ2) is 13.5. The third kappa shape index (κ3) is 6.38. The number of carbonyl (C=O) groups excluding carboxylic acids is 3. The number of carbonyl (C=O) groups is 3. The number of anilines is 1. The van der Waals surface area contributed by atoms with Gasteiger partial charge in [-0.1, -0.05) is 0 Å². The van der Waals surface area contributed by atoms with Crippen LogP contribution in [0.2, 0.25) is 0 Å². The average Bonchev–Trinajstić information content (AvgIpc) is 3.76. The Kier molecular flexibility index (Phi) is 8.61. The van der Waals surface area contributed by atoms with Gasteiger partial charge in [0.05, 0.1) is 47.9 Å². The van der Waals surface area contributed by atoms with Crippen LogP contribution in [0.5, 0.6) is 5.75 Å². The number of piperidine rings is 1. The summed E-state index contributed by atoms with van der Waals surface area (Å²) in [5.74, 6) is 0.839. The zero-order valence-corrected chi connectivity index (χ0v) is 28.0. The maximum absolute atomic E-state index is 13.5. The van der Waals surface area contributed by atoms with Gasteiger partial charge in [-0.05, 0) is 68.4 Å². The minimum Gasteiger partial charge on any atom is -0.496 e. The molecule has 3 aliphatic rings. The maximum Gasteiger partial charge on any atom is 0.255 e. The molecule has 3 amide bonds. The Labute approximate surface area is 288 Å². The Bertz CT molecular complexity index is 2040. The number of methoxy groups -OCH3 is 1. The summed E-state index contributed by atoms with van der Waals surface area (Å²) in [5, 5.41) is 15.6. The highest BCUT2D eigenvalue weighted by molar-refractivity contribution is 6.01. The van der Waals surface area contributed by atoms with E-state index in [9.17, 15) is 14.4 Å². The number of nitrogens with one attached hydrogen (secondary N) is 2. The quantitative estimate of drug-likeness (QED) is 0.235. The van der Waals surface area contributed by atoms with E-state index in [1.54, 1.807) is 34.8 Å². The van der Waals surface area contributed by atoms with Gasteiger partial charge in [-0.25, -0.2) is 9.67 Å². The number of benzene rings is 1. The van der Waals surface area contributed by atoms with E-state index in [1.165, 1.54) is 0 Å². The number of hydrogen-bond donors (Lipinski definition) is 2. The topological polar surface area (TPSA) is 152 Å². The lowest BCUT2D eigenvalue weighted by molar-refractivity contribution is -0.134. The van der Waals surface area contributed by atoms with Crippen molar-refractivity contribution in [1.29, 1.82) is 0 Å². The highest BCUT2D eigenvalue weighted by Crippen LogP contribution is 2.30. The number of piperazine rings is 1. The lowest BCUT2D eigenvalue weighted by Gasteiger charge is -2.39. The normalized spacial score (nSPS) is 21.8. The van der Waals surface area contributed by atoms with Gasteiger partial charge in [0.15, 0.2) is 11.5 Å². The first-order valence-electron chi connectivity index (χ1n) is 17.4. The lowest BCUT2D eigenvalue weighted by Crippen LogP contribution is -2.48. The van der Waals surface area contributed by atoms with Gasteiger partial charge in [0.2, 0.25) is 11.8 Å². The fourth-order valence-corrected chi connectivity index (χ4v) is 7.56. The molecule has 5 aromatic rings. The van der Waals surface area contributed by atoms with Crippen LogP contribution in [0, 0.1) is 5.92 Å². The average molecular weight is 677 g/mol. The maximum atomic E-state index is 13.5. The SMILES string of the molecule is COc1cc2nn(-c3cnc4cccnn34)cc2cc1C(=O)NC1CCC(CN2CCN(c3ccc(C4CCC(=O)NC4=O)nc3)CC2)CC1. The molecule has 2 aliphatic heterocycles. The number of pyridine rings is 1. The molecule has 0 radical (unpaired) electrons. The van der Waals surface area contributed by atoms with Crippen molar-refractivity contribution in [1.82, 2.24) is 44.9 Å². The molecule has 14 heteroatoms. The standard InChI is InChI=1S/C36H40N10O4/c1-50-31-18-30-24(22-45(42-30)34-20-38-32-3-2-12-39-46(32)34)17-28(31)36(49)40-25-6-4-23(5-7-25)21-43-13-15-44(16-14-43)26-8-10-29(37-19-26)27-9-11-33(47)41-35(27)48/h2-3,8,10,12,17-20,22-23,25,27H,4-7,9,11,13-16,21H2,1H3,(H,40,49)(H,41,47,48). The first kappa shape index (κ1) is 31.9. The van der Waals surface area contributed by atoms with Crippen molar-refractivity contribution in [2.45, 2.75) is 50.5 Å². The van der Waals surface area contributed by atoms with Crippen LogP contribution in [0.15, 0.2) is 61.2 Å². The highest BCUT2D eigenvalue weighted by Gasteiger charge is 2.30. The van der Waals surface area contributed by atoms with Gasteiger partial charge in [0.1, 0.15) is 5.75 Å². The number of aromatic nitrogens is 6. The van der Waals surface area contributed by atoms with Crippen LogP contribution < -0.4 is 20.3 Å². The van der Waals surface area contributed by atoms with Crippen LogP contribution in [-0.4, -0.2) is 97.9 Å². The van der Waals surface area contributed by atoms with Gasteiger partial charge in [0, 0.05) is 69.0 Å². The molecule has 14 nitrogen and oxygen atoms in total. The van der Waals surface area contributed by atoms with E-state index in [-0.39, 0.29) is 29.7 Å². The van der Waals surface area contributed by atoms with Crippen LogP contribution in [0.4, 0.5) is 5.69 Å². The van der Waals surface area contributed by atoms with Crippen molar-refractivity contribution >= 4 is 40.0 Å². The Balaban J connectivity index is 0.824. The molecule has 8 rings (SSSR count). The van der Waals surface area contributed by atoms with Crippen LogP contribution in [0.25, 0.3) is 22.4 Å². The van der Waals surface area contributed by atoms with Gasteiger partial charge >= 0.3 is 0 Å². The molecule has 3 fully saturated rings. The Morgan fingerprint density at radius 1 is 1.00 bits per heavy atom. The van der Waals surface area contributed by atoms with Gasteiger partial charge in [-0.3, -0.25) is 29.6 Å². The summed E-state index contributed by atoms with van der Waals surface area (Å²) in [7, 11) is 1.57. The summed E-state index contributed by atoms with van der Waals surface area (Å²) in [6, 6.07) is 11.5. The molecule has 50 heavy (non-hydrogen) atoms. The first-order chi connectivity index (χ1) is 24.4. The van der Waals surface area contributed by atoms with E-state index in [4.69, 9.17) is 9.84 Å². The monoisotopic (exact) mass is 676 g/mol. The zero-order valence-electron chi connectivity index (χ0n) is 28.0. The number of rotatable bonds is 8. The van der Waals surface area contributed by atoms with Crippen LogP contribution in [-0.2, 0) is 9.59 Å². The second-order valence-electron chi connectivity index (χ2n) is 13.5. The molecule has 4 aromatic heterocycles. The van der Waals surface area contributed by atoms with Crippen molar-refractivity contribution in [2.75, 3.05) is 44.7 Å². The second-order valence-corrected chi connectivity index (χ2v) is 13.5. The van der Waals surface area contributed by atoms with Crippen molar-refractivity contribution < 1.29 is 19.1 Å². The highest BCUT2D eigenvalue weighted by atomic mass is 16.5. The number of hydrogen-bond acceptors (Lipinski definition) is 10. The molecule has 6 heterocycles. The van der Waals surface area contributed by atoms with Crippen molar-refractivity contribution in [3.63, 3.8) is 0 Å². The van der Waals surface area contributed by atoms with Crippen LogP contribution in [0.1, 0.15) is 60.5 Å². The van der Waals surface area contributed by atoms with E-state index >= 15 is 0 Å². The zero-order chi connectivity index (χ0) is 34.2. The van der Waals surface area contributed by atoms with Crippen LogP contribution in [0.3, 0.4) is 0 Å². The smallest absolute Gasteiger partial charge is 0.255 e. The van der Waals surface area contributed by atoms with E-state index < -0.39 is 0 Å². The number of nitrogens with zero attached hydrogens (tertiary/aromatic N) is 8. The van der Waals surface area contributed by atoms with Crippen molar-refractivity contribution in [2.24, 2.45) is 5.92 Å². The Hall–Kier alpha value is -5.37. The molecule has 1 aromatic carbocycles. The largest absolute Gasteiger partial charge is 0.496 e. The third-order valence-electron chi connectivity index (χ3n) is 10.4.